The molecule has 5 heteroatoms. The summed E-state index contributed by atoms with van der Waals surface area (Å²) in [4.78, 5) is 34.1. The number of amides is 2. The number of aryl methyl sites for hydroxylation is 1. The summed E-state index contributed by atoms with van der Waals surface area (Å²) in [6, 6.07) is 11.8. The number of pyridine rings is 1. The molecule has 1 aromatic carbocycles. The third kappa shape index (κ3) is 2.94. The maximum absolute atomic E-state index is 13.8. The summed E-state index contributed by atoms with van der Waals surface area (Å²) in [5.41, 5.74) is 2.09. The number of hydrogen-bond donors (Lipinski definition) is 1. The van der Waals surface area contributed by atoms with E-state index in [-0.39, 0.29) is 23.8 Å². The highest BCUT2D eigenvalue weighted by molar-refractivity contribution is 6.05. The van der Waals surface area contributed by atoms with Gasteiger partial charge in [0.1, 0.15) is 5.82 Å². The smallest absolute Gasteiger partial charge is 0.254 e. The highest BCUT2D eigenvalue weighted by atomic mass is 16.2. The molecule has 3 aliphatic rings. The molecule has 0 radical (unpaired) electrons. The van der Waals surface area contributed by atoms with Crippen LogP contribution in [0.3, 0.4) is 0 Å². The zero-order chi connectivity index (χ0) is 20.7. The van der Waals surface area contributed by atoms with Crippen LogP contribution in [-0.4, -0.2) is 33.3 Å². The Labute approximate surface area is 177 Å². The predicted octanol–water partition coefficient (Wildman–Crippen LogP) is 4.82. The largest absolute Gasteiger partial charge is 0.329 e. The number of anilines is 1. The van der Waals surface area contributed by atoms with Crippen molar-refractivity contribution in [3.05, 3.63) is 59.3 Å². The van der Waals surface area contributed by atoms with Crippen LogP contribution in [0.2, 0.25) is 0 Å². The number of carbonyl (C=O) groups excluding carboxylic acids is 2. The highest BCUT2D eigenvalue weighted by Crippen LogP contribution is 2.52. The van der Waals surface area contributed by atoms with Gasteiger partial charge in [-0.3, -0.25) is 9.59 Å². The number of fused-ring (bicyclic) bond motifs is 1. The van der Waals surface area contributed by atoms with Crippen molar-refractivity contribution in [1.29, 1.82) is 0 Å². The average molecular weight is 404 g/mol. The van der Waals surface area contributed by atoms with Crippen molar-refractivity contribution >= 4 is 17.6 Å². The first kappa shape index (κ1) is 19.3. The first-order valence-corrected chi connectivity index (χ1v) is 11.3. The number of hydrogen-bond acceptors (Lipinski definition) is 3. The minimum absolute atomic E-state index is 0.0401. The molecule has 2 heterocycles. The molecule has 1 N–H and O–H groups in total. The van der Waals surface area contributed by atoms with Crippen molar-refractivity contribution in [2.45, 2.75) is 75.8 Å². The predicted molar refractivity (Wildman–Crippen MR) is 116 cm³/mol. The van der Waals surface area contributed by atoms with Crippen molar-refractivity contribution in [2.75, 3.05) is 5.32 Å². The number of carbonyl (C=O) groups is 2. The van der Waals surface area contributed by atoms with Gasteiger partial charge in [-0.1, -0.05) is 49.9 Å². The molecule has 1 aromatic heterocycles. The van der Waals surface area contributed by atoms with Gasteiger partial charge in [0, 0.05) is 17.8 Å². The summed E-state index contributed by atoms with van der Waals surface area (Å²) in [7, 11) is 0. The average Bonchev–Trinajstić information content (AvgIpc) is 3.43. The van der Waals surface area contributed by atoms with Crippen molar-refractivity contribution in [3.8, 4) is 0 Å². The first-order valence-electron chi connectivity index (χ1n) is 11.3. The topological polar surface area (TPSA) is 62.3 Å². The fraction of sp³-hybridized carbons (Fsp3) is 0.480. The fourth-order valence-electron chi connectivity index (χ4n) is 6.10. The summed E-state index contributed by atoms with van der Waals surface area (Å²) in [6.07, 6.45) is 10.0. The molecule has 30 heavy (non-hydrogen) atoms. The molecule has 2 amide bonds. The third-order valence-electron chi connectivity index (χ3n) is 7.41. The molecule has 2 aromatic rings. The second-order valence-corrected chi connectivity index (χ2v) is 9.10. The van der Waals surface area contributed by atoms with Crippen LogP contribution in [0.15, 0.2) is 42.6 Å². The molecule has 5 nitrogen and oxygen atoms in total. The van der Waals surface area contributed by atoms with Crippen molar-refractivity contribution in [3.63, 3.8) is 0 Å². The minimum atomic E-state index is -0.423. The van der Waals surface area contributed by atoms with Gasteiger partial charge in [-0.25, -0.2) is 4.98 Å². The molecule has 5 rings (SSSR count). The van der Waals surface area contributed by atoms with Gasteiger partial charge in [-0.05, 0) is 55.9 Å². The molecule has 0 bridgehead atoms. The second kappa shape index (κ2) is 7.53. The molecule has 1 aliphatic heterocycles. The SMILES string of the molecule is Cc1cccnc1NC(=O)C1c2ccccc2C(=O)N(C2CCCC2)C12CCCC2. The Morgan fingerprint density at radius 2 is 1.80 bits per heavy atom. The zero-order valence-electron chi connectivity index (χ0n) is 17.6. The summed E-state index contributed by atoms with van der Waals surface area (Å²) in [5.74, 6) is 0.326. The zero-order valence-corrected chi connectivity index (χ0v) is 17.6. The van der Waals surface area contributed by atoms with Crippen LogP contribution < -0.4 is 5.32 Å². The Balaban J connectivity index is 1.62. The van der Waals surface area contributed by atoms with Crippen LogP contribution >= 0.6 is 0 Å². The van der Waals surface area contributed by atoms with E-state index in [4.69, 9.17) is 0 Å². The Kier molecular flexibility index (Phi) is 4.84. The molecule has 1 spiro atoms. The van der Waals surface area contributed by atoms with E-state index in [9.17, 15) is 9.59 Å². The molecule has 2 aliphatic carbocycles. The quantitative estimate of drug-likeness (QED) is 0.799. The maximum Gasteiger partial charge on any atom is 0.254 e. The van der Waals surface area contributed by atoms with Gasteiger partial charge in [0.2, 0.25) is 5.91 Å². The van der Waals surface area contributed by atoms with Crippen LogP contribution in [0.25, 0.3) is 0 Å². The van der Waals surface area contributed by atoms with Gasteiger partial charge in [0.05, 0.1) is 11.5 Å². The molecule has 1 unspecified atom stereocenters. The lowest BCUT2D eigenvalue weighted by Gasteiger charge is -2.52. The van der Waals surface area contributed by atoms with E-state index >= 15 is 0 Å². The summed E-state index contributed by atoms with van der Waals surface area (Å²) >= 11 is 0. The molecule has 156 valence electrons. The van der Waals surface area contributed by atoms with Crippen LogP contribution in [0.4, 0.5) is 5.82 Å². The number of nitrogens with one attached hydrogen (secondary N) is 1. The second-order valence-electron chi connectivity index (χ2n) is 9.10. The first-order chi connectivity index (χ1) is 14.6. The van der Waals surface area contributed by atoms with Crippen LogP contribution in [0, 0.1) is 6.92 Å². The summed E-state index contributed by atoms with van der Waals surface area (Å²) in [5, 5.41) is 3.11. The normalized spacial score (nSPS) is 23.0. The molecule has 2 saturated carbocycles. The Morgan fingerprint density at radius 3 is 2.53 bits per heavy atom. The lowest BCUT2D eigenvalue weighted by atomic mass is 9.70. The van der Waals surface area contributed by atoms with Crippen molar-refractivity contribution in [1.82, 2.24) is 9.88 Å². The van der Waals surface area contributed by atoms with E-state index in [1.54, 1.807) is 6.20 Å². The van der Waals surface area contributed by atoms with Gasteiger partial charge in [-0.15, -0.1) is 0 Å². The Morgan fingerprint density at radius 1 is 1.07 bits per heavy atom. The lowest BCUT2D eigenvalue weighted by Crippen LogP contribution is -2.62. The number of benzene rings is 1. The molecular weight excluding hydrogens is 374 g/mol. The lowest BCUT2D eigenvalue weighted by molar-refractivity contribution is -0.121. The van der Waals surface area contributed by atoms with E-state index in [0.29, 0.717) is 11.4 Å². The van der Waals surface area contributed by atoms with Gasteiger partial charge in [0.25, 0.3) is 5.91 Å². The van der Waals surface area contributed by atoms with Gasteiger partial charge < -0.3 is 10.2 Å². The van der Waals surface area contributed by atoms with E-state index in [1.807, 2.05) is 43.3 Å². The minimum Gasteiger partial charge on any atom is -0.329 e. The van der Waals surface area contributed by atoms with Gasteiger partial charge in [0.15, 0.2) is 0 Å². The Bertz CT molecular complexity index is 974. The standard InChI is InChI=1S/C25H29N3O2/c1-17-9-8-16-26-22(17)27-23(29)21-19-12-4-5-13-20(19)24(30)28(18-10-2-3-11-18)25(21)14-6-7-15-25/h4-5,8-9,12-13,16,18,21H,2-3,6-7,10-11,14-15H2,1H3,(H,26,27,29). The number of nitrogens with zero attached hydrogens (tertiary/aromatic N) is 2. The van der Waals surface area contributed by atoms with E-state index in [1.165, 1.54) is 0 Å². The van der Waals surface area contributed by atoms with Gasteiger partial charge in [-0.2, -0.15) is 0 Å². The van der Waals surface area contributed by atoms with Crippen molar-refractivity contribution < 1.29 is 9.59 Å². The highest BCUT2D eigenvalue weighted by Gasteiger charge is 2.57. The fourth-order valence-corrected chi connectivity index (χ4v) is 6.10. The van der Waals surface area contributed by atoms with Crippen molar-refractivity contribution in [2.24, 2.45) is 0 Å². The molecule has 1 atom stereocenters. The number of aromatic nitrogens is 1. The van der Waals surface area contributed by atoms with E-state index in [2.05, 4.69) is 15.2 Å². The number of rotatable bonds is 3. The maximum atomic E-state index is 13.8. The molecule has 0 saturated heterocycles. The van der Waals surface area contributed by atoms with Crippen LogP contribution in [-0.2, 0) is 4.79 Å². The molecule has 2 fully saturated rings. The van der Waals surface area contributed by atoms with Crippen LogP contribution in [0.5, 0.6) is 0 Å². The summed E-state index contributed by atoms with van der Waals surface area (Å²) < 4.78 is 0. The molecular formula is C25H29N3O2. The third-order valence-corrected chi connectivity index (χ3v) is 7.41. The van der Waals surface area contributed by atoms with Gasteiger partial charge >= 0.3 is 0 Å². The van der Waals surface area contributed by atoms with E-state index < -0.39 is 5.54 Å². The van der Waals surface area contributed by atoms with Crippen LogP contribution in [0.1, 0.15) is 78.8 Å². The monoisotopic (exact) mass is 403 g/mol. The Hall–Kier alpha value is -2.69. The van der Waals surface area contributed by atoms with E-state index in [0.717, 1.165) is 62.5 Å². The summed E-state index contributed by atoms with van der Waals surface area (Å²) in [6.45, 7) is 1.96.